The first kappa shape index (κ1) is 22.1. The minimum Gasteiger partial charge on any atom is -0.489 e. The maximum atomic E-state index is 12.6. The van der Waals surface area contributed by atoms with Gasteiger partial charge in [-0.2, -0.15) is 0 Å². The lowest BCUT2D eigenvalue weighted by Gasteiger charge is -2.11. The quantitative estimate of drug-likeness (QED) is 0.487. The molecule has 2 N–H and O–H groups in total. The average molecular weight is 437 g/mol. The number of anilines is 2. The number of carbonyl (C=O) groups is 1. The van der Waals surface area contributed by atoms with E-state index in [1.54, 1.807) is 54.6 Å². The lowest BCUT2D eigenvalue weighted by molar-refractivity contribution is 0.102. The fourth-order valence-electron chi connectivity index (χ4n) is 2.78. The van der Waals surface area contributed by atoms with E-state index in [2.05, 4.69) is 16.6 Å². The van der Waals surface area contributed by atoms with Crippen LogP contribution in [-0.2, 0) is 10.0 Å². The summed E-state index contributed by atoms with van der Waals surface area (Å²) in [6, 6.07) is 19.9. The van der Waals surface area contributed by atoms with Crippen LogP contribution < -0.4 is 14.8 Å². The smallest absolute Gasteiger partial charge is 0.261 e. The number of aryl methyl sites for hydroxylation is 1. The van der Waals surface area contributed by atoms with Gasteiger partial charge in [-0.15, -0.1) is 0 Å². The SMILES string of the molecule is C=C(C)COc1cccc(C(=O)Nc2ccc(S(=O)(=O)Nc3cccc(C)c3)cc2)c1. The van der Waals surface area contributed by atoms with Crippen LogP contribution in [0.15, 0.2) is 89.8 Å². The molecular weight excluding hydrogens is 412 g/mol. The molecule has 6 nitrogen and oxygen atoms in total. The summed E-state index contributed by atoms with van der Waals surface area (Å²) in [6.45, 7) is 7.90. The van der Waals surface area contributed by atoms with Crippen molar-refractivity contribution in [3.8, 4) is 5.75 Å². The molecule has 0 aliphatic rings. The molecule has 0 atom stereocenters. The molecule has 7 heteroatoms. The Bertz CT molecular complexity index is 1200. The number of carbonyl (C=O) groups excluding carboxylic acids is 1. The van der Waals surface area contributed by atoms with Gasteiger partial charge in [0.15, 0.2) is 0 Å². The standard InChI is InChI=1S/C24H24N2O4S/c1-17(2)16-30-22-9-5-7-19(15-22)24(27)25-20-10-12-23(13-11-20)31(28,29)26-21-8-4-6-18(3)14-21/h4-15,26H,1,16H2,2-3H3,(H,25,27). The van der Waals surface area contributed by atoms with Crippen LogP contribution in [0.4, 0.5) is 11.4 Å². The molecule has 0 unspecified atom stereocenters. The fraction of sp³-hybridized carbons (Fsp3) is 0.125. The minimum atomic E-state index is -3.73. The third-order valence-electron chi connectivity index (χ3n) is 4.27. The molecular formula is C24H24N2O4S. The number of amides is 1. The maximum absolute atomic E-state index is 12.6. The Labute approximate surface area is 182 Å². The van der Waals surface area contributed by atoms with E-state index in [4.69, 9.17) is 4.74 Å². The van der Waals surface area contributed by atoms with Crippen LogP contribution in [-0.4, -0.2) is 20.9 Å². The van der Waals surface area contributed by atoms with Gasteiger partial charge in [0.1, 0.15) is 12.4 Å². The highest BCUT2D eigenvalue weighted by Crippen LogP contribution is 2.20. The van der Waals surface area contributed by atoms with E-state index >= 15 is 0 Å². The first-order valence-electron chi connectivity index (χ1n) is 9.61. The molecule has 0 saturated heterocycles. The Morgan fingerprint density at radius 3 is 2.35 bits per heavy atom. The molecule has 3 aromatic carbocycles. The molecule has 0 radical (unpaired) electrons. The van der Waals surface area contributed by atoms with Gasteiger partial charge in [-0.3, -0.25) is 9.52 Å². The Hall–Kier alpha value is -3.58. The van der Waals surface area contributed by atoms with Gasteiger partial charge in [0.2, 0.25) is 0 Å². The van der Waals surface area contributed by atoms with E-state index in [1.807, 2.05) is 19.9 Å². The zero-order valence-electron chi connectivity index (χ0n) is 17.4. The predicted octanol–water partition coefficient (Wildman–Crippen LogP) is 5.00. The molecule has 0 aliphatic heterocycles. The second-order valence-electron chi connectivity index (χ2n) is 7.23. The Morgan fingerprint density at radius 2 is 1.68 bits per heavy atom. The van der Waals surface area contributed by atoms with Gasteiger partial charge >= 0.3 is 0 Å². The van der Waals surface area contributed by atoms with E-state index in [9.17, 15) is 13.2 Å². The van der Waals surface area contributed by atoms with E-state index < -0.39 is 10.0 Å². The van der Waals surface area contributed by atoms with Crippen LogP contribution in [0.3, 0.4) is 0 Å². The summed E-state index contributed by atoms with van der Waals surface area (Å²) in [6.07, 6.45) is 0. The van der Waals surface area contributed by atoms with E-state index in [0.717, 1.165) is 11.1 Å². The number of sulfonamides is 1. The second kappa shape index (κ2) is 9.49. The second-order valence-corrected chi connectivity index (χ2v) is 8.91. The molecule has 0 aromatic heterocycles. The average Bonchev–Trinajstić information content (AvgIpc) is 2.72. The summed E-state index contributed by atoms with van der Waals surface area (Å²) in [5.74, 6) is 0.244. The van der Waals surface area contributed by atoms with E-state index in [1.165, 1.54) is 12.1 Å². The van der Waals surface area contributed by atoms with Gasteiger partial charge in [-0.05, 0) is 79.6 Å². The van der Waals surface area contributed by atoms with Crippen molar-refractivity contribution in [2.45, 2.75) is 18.7 Å². The number of nitrogens with one attached hydrogen (secondary N) is 2. The van der Waals surface area contributed by atoms with Gasteiger partial charge in [-0.25, -0.2) is 8.42 Å². The zero-order valence-corrected chi connectivity index (χ0v) is 18.2. The normalized spacial score (nSPS) is 10.9. The predicted molar refractivity (Wildman–Crippen MR) is 123 cm³/mol. The molecule has 3 rings (SSSR count). The topological polar surface area (TPSA) is 84.5 Å². The number of benzene rings is 3. The van der Waals surface area contributed by atoms with Crippen LogP contribution >= 0.6 is 0 Å². The molecule has 0 fully saturated rings. The highest BCUT2D eigenvalue weighted by Gasteiger charge is 2.15. The Balaban J connectivity index is 1.68. The van der Waals surface area contributed by atoms with Crippen molar-refractivity contribution in [2.75, 3.05) is 16.6 Å². The number of rotatable bonds is 8. The zero-order chi connectivity index (χ0) is 22.4. The first-order valence-corrected chi connectivity index (χ1v) is 11.1. The Kier molecular flexibility index (Phi) is 6.77. The molecule has 0 saturated carbocycles. The molecule has 31 heavy (non-hydrogen) atoms. The Morgan fingerprint density at radius 1 is 0.968 bits per heavy atom. The highest BCUT2D eigenvalue weighted by molar-refractivity contribution is 7.92. The third-order valence-corrected chi connectivity index (χ3v) is 5.67. The summed E-state index contributed by atoms with van der Waals surface area (Å²) in [7, 11) is -3.73. The van der Waals surface area contributed by atoms with Gasteiger partial charge in [0.05, 0.1) is 4.90 Å². The largest absolute Gasteiger partial charge is 0.489 e. The minimum absolute atomic E-state index is 0.0993. The van der Waals surface area contributed by atoms with Crippen molar-refractivity contribution < 1.29 is 17.9 Å². The number of hydrogen-bond acceptors (Lipinski definition) is 4. The summed E-state index contributed by atoms with van der Waals surface area (Å²) < 4.78 is 33.3. The third kappa shape index (κ3) is 6.20. The molecule has 1 amide bonds. The van der Waals surface area contributed by atoms with Crippen LogP contribution in [0, 0.1) is 6.92 Å². The molecule has 3 aromatic rings. The summed E-state index contributed by atoms with van der Waals surface area (Å²) in [5.41, 5.74) is 3.23. The van der Waals surface area contributed by atoms with Crippen LogP contribution in [0.2, 0.25) is 0 Å². The van der Waals surface area contributed by atoms with Crippen molar-refractivity contribution in [3.05, 3.63) is 96.1 Å². The first-order chi connectivity index (χ1) is 14.7. The van der Waals surface area contributed by atoms with Crippen LogP contribution in [0.1, 0.15) is 22.8 Å². The van der Waals surface area contributed by atoms with Crippen LogP contribution in [0.5, 0.6) is 5.75 Å². The van der Waals surface area contributed by atoms with Crippen molar-refractivity contribution in [3.63, 3.8) is 0 Å². The fourth-order valence-corrected chi connectivity index (χ4v) is 3.83. The highest BCUT2D eigenvalue weighted by atomic mass is 32.2. The van der Waals surface area contributed by atoms with Crippen molar-refractivity contribution in [1.29, 1.82) is 0 Å². The number of ether oxygens (including phenoxy) is 1. The molecule has 0 aliphatic carbocycles. The van der Waals surface area contributed by atoms with Gasteiger partial charge in [0, 0.05) is 16.9 Å². The molecule has 0 bridgehead atoms. The lowest BCUT2D eigenvalue weighted by atomic mass is 10.2. The molecule has 160 valence electrons. The van der Waals surface area contributed by atoms with Crippen molar-refractivity contribution in [1.82, 2.24) is 0 Å². The monoisotopic (exact) mass is 436 g/mol. The van der Waals surface area contributed by atoms with Crippen molar-refractivity contribution in [2.24, 2.45) is 0 Å². The van der Waals surface area contributed by atoms with Gasteiger partial charge < -0.3 is 10.1 Å². The lowest BCUT2D eigenvalue weighted by Crippen LogP contribution is -2.14. The summed E-state index contributed by atoms with van der Waals surface area (Å²) in [4.78, 5) is 12.6. The maximum Gasteiger partial charge on any atom is 0.261 e. The summed E-state index contributed by atoms with van der Waals surface area (Å²) >= 11 is 0. The number of hydrogen-bond donors (Lipinski definition) is 2. The molecule has 0 heterocycles. The van der Waals surface area contributed by atoms with E-state index in [-0.39, 0.29) is 10.8 Å². The van der Waals surface area contributed by atoms with Gasteiger partial charge in [0.25, 0.3) is 15.9 Å². The van der Waals surface area contributed by atoms with Crippen molar-refractivity contribution >= 4 is 27.3 Å². The van der Waals surface area contributed by atoms with Crippen LogP contribution in [0.25, 0.3) is 0 Å². The molecule has 0 spiro atoms. The summed E-state index contributed by atoms with van der Waals surface area (Å²) in [5, 5.41) is 2.76. The van der Waals surface area contributed by atoms with Gasteiger partial charge in [-0.1, -0.05) is 24.8 Å². The van der Waals surface area contributed by atoms with E-state index in [0.29, 0.717) is 29.3 Å².